The van der Waals surface area contributed by atoms with E-state index in [1.165, 1.54) is 4.31 Å². The normalized spacial score (nSPS) is 12.5. The number of rotatable bonds is 11. The Kier molecular flexibility index (Phi) is 10.8. The molecule has 6 aromatic carbocycles. The van der Waals surface area contributed by atoms with Crippen molar-refractivity contribution in [3.63, 3.8) is 0 Å². The lowest BCUT2D eigenvalue weighted by atomic mass is 9.99. The highest BCUT2D eigenvalue weighted by Gasteiger charge is 2.29. The summed E-state index contributed by atoms with van der Waals surface area (Å²) in [7, 11) is -3.99. The predicted molar refractivity (Wildman–Crippen MR) is 212 cm³/mol. The molecule has 0 bridgehead atoms. The van der Waals surface area contributed by atoms with E-state index < -0.39 is 16.1 Å². The van der Waals surface area contributed by atoms with Crippen LogP contribution in [-0.4, -0.2) is 32.8 Å². The van der Waals surface area contributed by atoms with Gasteiger partial charge in [-0.3, -0.25) is 19.8 Å². The third-order valence-electron chi connectivity index (χ3n) is 9.57. The van der Waals surface area contributed by atoms with Crippen LogP contribution >= 0.6 is 0 Å². The molecule has 0 aromatic heterocycles. The van der Waals surface area contributed by atoms with E-state index in [0.29, 0.717) is 29.6 Å². The molecule has 7 rings (SSSR count). The maximum atomic E-state index is 14.5. The monoisotopic (exact) mass is 736 g/mol. The smallest absolute Gasteiger partial charge is 0.413 e. The largest absolute Gasteiger partial charge is 0.444 e. The fraction of sp³-hybridized carbons (Fsp3) is 0.159. The molecular weight excluding hydrogens is 697 g/mol. The molecule has 0 atom stereocenters. The minimum atomic E-state index is -3.99. The number of nitrogens with zero attached hydrogens (tertiary/aromatic N) is 2. The van der Waals surface area contributed by atoms with Gasteiger partial charge in [-0.2, -0.15) is 0 Å². The van der Waals surface area contributed by atoms with Gasteiger partial charge in [-0.25, -0.2) is 13.2 Å². The Bertz CT molecular complexity index is 2400. The summed E-state index contributed by atoms with van der Waals surface area (Å²) in [5, 5.41) is 12.3. The van der Waals surface area contributed by atoms with Gasteiger partial charge >= 0.3 is 6.09 Å². The SMILES string of the molecule is N=C(NC(=O)OCc1ccccc1)c1ccc(CCC(=O)N2CCCc3cc(N(Cc4ccccc4)S(=O)(=O)c4cccc5ccccc45)ccc32)cc1. The fourth-order valence-electron chi connectivity index (χ4n) is 6.76. The number of hydrogen-bond acceptors (Lipinski definition) is 6. The maximum Gasteiger partial charge on any atom is 0.413 e. The molecule has 0 aliphatic carbocycles. The van der Waals surface area contributed by atoms with Gasteiger partial charge in [-0.1, -0.05) is 121 Å². The molecule has 0 spiro atoms. The molecule has 2 amide bonds. The summed E-state index contributed by atoms with van der Waals surface area (Å²) in [5.41, 5.74) is 5.43. The lowest BCUT2D eigenvalue weighted by molar-refractivity contribution is -0.118. The van der Waals surface area contributed by atoms with E-state index in [4.69, 9.17) is 10.1 Å². The van der Waals surface area contributed by atoms with Crippen molar-refractivity contribution in [1.82, 2.24) is 5.32 Å². The van der Waals surface area contributed by atoms with E-state index in [1.807, 2.05) is 115 Å². The topological polar surface area (TPSA) is 120 Å². The molecule has 0 radical (unpaired) electrons. The van der Waals surface area contributed by atoms with Crippen LogP contribution in [0.15, 0.2) is 150 Å². The number of anilines is 2. The van der Waals surface area contributed by atoms with Crippen LogP contribution in [0.3, 0.4) is 0 Å². The Morgan fingerprint density at radius 1 is 0.759 bits per heavy atom. The van der Waals surface area contributed by atoms with Gasteiger partial charge in [0.05, 0.1) is 17.1 Å². The van der Waals surface area contributed by atoms with Crippen LogP contribution in [0.2, 0.25) is 0 Å². The van der Waals surface area contributed by atoms with Gasteiger partial charge in [0, 0.05) is 29.6 Å². The third kappa shape index (κ3) is 8.19. The van der Waals surface area contributed by atoms with E-state index in [0.717, 1.165) is 46.2 Å². The van der Waals surface area contributed by atoms with E-state index in [1.54, 1.807) is 35.2 Å². The molecule has 0 unspecified atom stereocenters. The number of nitrogens with one attached hydrogen (secondary N) is 2. The first-order valence-electron chi connectivity index (χ1n) is 17.9. The molecule has 10 heteroatoms. The summed E-state index contributed by atoms with van der Waals surface area (Å²) >= 11 is 0. The molecule has 0 fully saturated rings. The number of ether oxygens (including phenoxy) is 1. The predicted octanol–water partition coefficient (Wildman–Crippen LogP) is 8.40. The maximum absolute atomic E-state index is 14.5. The van der Waals surface area contributed by atoms with Crippen LogP contribution < -0.4 is 14.5 Å². The van der Waals surface area contributed by atoms with Gasteiger partial charge in [0.15, 0.2) is 0 Å². The number of amidine groups is 1. The molecule has 272 valence electrons. The lowest BCUT2D eigenvalue weighted by Gasteiger charge is -2.32. The zero-order chi connectivity index (χ0) is 37.5. The zero-order valence-electron chi connectivity index (χ0n) is 29.7. The fourth-order valence-corrected chi connectivity index (χ4v) is 8.42. The summed E-state index contributed by atoms with van der Waals surface area (Å²) in [6, 6.07) is 44.5. The van der Waals surface area contributed by atoms with Crippen LogP contribution in [-0.2, 0) is 45.5 Å². The van der Waals surface area contributed by atoms with Crippen LogP contribution in [0.5, 0.6) is 0 Å². The Hall–Kier alpha value is -6.26. The second-order valence-corrected chi connectivity index (χ2v) is 15.0. The molecule has 0 saturated heterocycles. The lowest BCUT2D eigenvalue weighted by Crippen LogP contribution is -2.36. The first-order valence-corrected chi connectivity index (χ1v) is 19.3. The van der Waals surface area contributed by atoms with Crippen molar-refractivity contribution in [2.45, 2.75) is 43.7 Å². The summed E-state index contributed by atoms with van der Waals surface area (Å²) < 4.78 is 35.7. The summed E-state index contributed by atoms with van der Waals surface area (Å²) in [6.07, 6.45) is 1.55. The average Bonchev–Trinajstić information content (AvgIpc) is 3.21. The van der Waals surface area contributed by atoms with E-state index in [9.17, 15) is 18.0 Å². The van der Waals surface area contributed by atoms with E-state index >= 15 is 0 Å². The Balaban J connectivity index is 1.04. The van der Waals surface area contributed by atoms with E-state index in [-0.39, 0.29) is 36.2 Å². The molecule has 9 nitrogen and oxygen atoms in total. The van der Waals surface area contributed by atoms with Gasteiger partial charge in [0.1, 0.15) is 12.4 Å². The number of sulfonamides is 1. The molecule has 2 N–H and O–H groups in total. The number of hydrogen-bond donors (Lipinski definition) is 2. The number of carbonyl (C=O) groups is 2. The summed E-state index contributed by atoms with van der Waals surface area (Å²) in [5.74, 6) is -0.0971. The highest BCUT2D eigenvalue weighted by molar-refractivity contribution is 7.93. The zero-order valence-corrected chi connectivity index (χ0v) is 30.5. The summed E-state index contributed by atoms with van der Waals surface area (Å²) in [6.45, 7) is 0.839. The minimum Gasteiger partial charge on any atom is -0.444 e. The number of aryl methyl sites for hydroxylation is 2. The van der Waals surface area contributed by atoms with Crippen molar-refractivity contribution < 1.29 is 22.7 Å². The van der Waals surface area contributed by atoms with Crippen LogP contribution in [0.1, 0.15) is 40.7 Å². The second-order valence-electron chi connectivity index (χ2n) is 13.2. The third-order valence-corrected chi connectivity index (χ3v) is 11.4. The molecule has 1 aliphatic rings. The molecule has 0 saturated carbocycles. The Morgan fingerprint density at radius 3 is 2.20 bits per heavy atom. The number of carbonyl (C=O) groups excluding carboxylic acids is 2. The highest BCUT2D eigenvalue weighted by Crippen LogP contribution is 2.36. The molecular formula is C44H40N4O5S. The first kappa shape index (κ1) is 36.1. The van der Waals surface area contributed by atoms with Crippen LogP contribution in [0.25, 0.3) is 10.8 Å². The van der Waals surface area contributed by atoms with Crippen LogP contribution in [0, 0.1) is 5.41 Å². The molecule has 6 aromatic rings. The second kappa shape index (κ2) is 16.2. The van der Waals surface area contributed by atoms with Gasteiger partial charge in [0.25, 0.3) is 10.0 Å². The number of fused-ring (bicyclic) bond motifs is 2. The van der Waals surface area contributed by atoms with Crippen molar-refractivity contribution >= 4 is 50.0 Å². The van der Waals surface area contributed by atoms with Gasteiger partial charge in [-0.05, 0) is 71.2 Å². The van der Waals surface area contributed by atoms with Gasteiger partial charge in [-0.15, -0.1) is 0 Å². The Labute approximate surface area is 315 Å². The number of amides is 2. The van der Waals surface area contributed by atoms with Gasteiger partial charge in [0.2, 0.25) is 5.91 Å². The molecule has 54 heavy (non-hydrogen) atoms. The molecule has 1 heterocycles. The Morgan fingerprint density at radius 2 is 1.44 bits per heavy atom. The standard InChI is InChI=1S/C44H40N4O5S/c45-43(46-44(50)53-31-34-13-5-2-6-14-34)36-23-20-32(21-24-36)22-27-42(49)47-28-10-17-37-29-38(25-26-40(37)47)48(30-33-11-3-1-4-12-33)54(51,52)41-19-9-16-35-15-7-8-18-39(35)41/h1-9,11-16,18-21,23-26,29H,10,17,22,27-28,30-31H2,(H2,45,46,50). The highest BCUT2D eigenvalue weighted by atomic mass is 32.2. The van der Waals surface area contributed by atoms with Gasteiger partial charge < -0.3 is 9.64 Å². The van der Waals surface area contributed by atoms with Crippen LogP contribution in [0.4, 0.5) is 16.2 Å². The number of alkyl carbamates (subject to hydrolysis) is 1. The molecule has 1 aliphatic heterocycles. The van der Waals surface area contributed by atoms with Crippen molar-refractivity contribution in [2.24, 2.45) is 0 Å². The van der Waals surface area contributed by atoms with Crippen molar-refractivity contribution in [3.8, 4) is 0 Å². The van der Waals surface area contributed by atoms with Crippen molar-refractivity contribution in [3.05, 3.63) is 173 Å². The first-order chi connectivity index (χ1) is 26.3. The minimum absolute atomic E-state index is 0.0205. The van der Waals surface area contributed by atoms with E-state index in [2.05, 4.69) is 5.32 Å². The van der Waals surface area contributed by atoms with Crippen molar-refractivity contribution in [1.29, 1.82) is 5.41 Å². The average molecular weight is 737 g/mol. The quantitative estimate of drug-likeness (QED) is 0.102. The summed E-state index contributed by atoms with van der Waals surface area (Å²) in [4.78, 5) is 27.9. The van der Waals surface area contributed by atoms with Crippen molar-refractivity contribution in [2.75, 3.05) is 15.7 Å². The number of benzene rings is 6.